The highest BCUT2D eigenvalue weighted by molar-refractivity contribution is 5.76. The van der Waals surface area contributed by atoms with E-state index >= 15 is 0 Å². The summed E-state index contributed by atoms with van der Waals surface area (Å²) in [4.78, 5) is 24.6. The quantitative estimate of drug-likeness (QED) is 0.0417. The second-order valence-electron chi connectivity index (χ2n) is 26.7. The lowest BCUT2D eigenvalue weighted by molar-refractivity contribution is -0.143. The zero-order chi connectivity index (χ0) is 59.2. The first kappa shape index (κ1) is 80.9. The van der Waals surface area contributed by atoms with E-state index in [-0.39, 0.29) is 18.5 Å². The lowest BCUT2D eigenvalue weighted by atomic mass is 10.0. The molecule has 2 atom stereocenters. The normalized spacial score (nSPS) is 12.4. The molecule has 0 saturated heterocycles. The molecule has 2 unspecified atom stereocenters. The molecule has 3 N–H and O–H groups in total. The Balaban J connectivity index is 3.34. The molecular weight excluding hydrogens is 1010 g/mol. The first-order valence-corrected chi connectivity index (χ1v) is 38.3. The molecule has 0 fully saturated rings. The fourth-order valence-electron chi connectivity index (χ4n) is 12.6. The van der Waals surface area contributed by atoms with Crippen LogP contribution in [0.3, 0.4) is 0 Å². The summed E-state index contributed by atoms with van der Waals surface area (Å²) in [6, 6.07) is -0.539. The second kappa shape index (κ2) is 72.3. The number of unbranched alkanes of at least 4 members (excludes halogenated alkanes) is 62. The van der Waals surface area contributed by atoms with E-state index in [9.17, 15) is 19.8 Å². The SMILES string of the molecule is CCCCCCCCCCCCCCCCCCCCCCCCCCCC(O)C(CO)NC(=O)CCCCCCCCCCCCCCCCCCCCCCCCCCCCCCCOC(=O)CCCCCCCCCCCCC. The molecule has 0 aliphatic heterocycles. The van der Waals surface area contributed by atoms with Gasteiger partial charge < -0.3 is 20.3 Å². The first-order valence-electron chi connectivity index (χ1n) is 38.3. The molecule has 490 valence electrons. The van der Waals surface area contributed by atoms with Gasteiger partial charge in [0.05, 0.1) is 25.4 Å². The minimum Gasteiger partial charge on any atom is -0.466 e. The summed E-state index contributed by atoms with van der Waals surface area (Å²) in [7, 11) is 0. The minimum absolute atomic E-state index is 0.0206. The molecule has 1 amide bonds. The number of ether oxygens (including phenoxy) is 1. The molecule has 0 aliphatic carbocycles. The summed E-state index contributed by atoms with van der Waals surface area (Å²) in [6.07, 6.45) is 89.0. The third-order valence-electron chi connectivity index (χ3n) is 18.4. The smallest absolute Gasteiger partial charge is 0.305 e. The van der Waals surface area contributed by atoms with Crippen LogP contribution in [0.15, 0.2) is 0 Å². The number of hydrogen-bond acceptors (Lipinski definition) is 5. The standard InChI is InChI=1S/C76H151NO5/c1-3-5-7-9-11-13-15-16-17-18-19-20-21-27-30-33-36-39-42-45-49-52-56-60-64-68-74(79)73(72-78)77-75(80)69-65-61-57-53-50-46-43-40-37-34-31-28-25-23-22-24-26-29-32-35-38-41-44-47-51-55-59-63-67-71-82-76(81)70-66-62-58-54-48-14-12-10-8-6-4-2/h73-74,78-79H,3-72H2,1-2H3,(H,77,80). The summed E-state index contributed by atoms with van der Waals surface area (Å²) in [6.45, 7) is 5.01. The van der Waals surface area contributed by atoms with E-state index in [0.717, 1.165) is 38.5 Å². The van der Waals surface area contributed by atoms with Crippen molar-refractivity contribution < 1.29 is 24.5 Å². The molecule has 0 heterocycles. The maximum atomic E-state index is 12.6. The van der Waals surface area contributed by atoms with Gasteiger partial charge in [-0.25, -0.2) is 0 Å². The third-order valence-corrected chi connectivity index (χ3v) is 18.4. The Kier molecular flexibility index (Phi) is 71.3. The number of hydrogen-bond donors (Lipinski definition) is 3. The van der Waals surface area contributed by atoms with Crippen LogP contribution in [0, 0.1) is 0 Å². The number of aliphatic hydroxyl groups is 2. The van der Waals surface area contributed by atoms with Crippen molar-refractivity contribution in [3.63, 3.8) is 0 Å². The van der Waals surface area contributed by atoms with E-state index < -0.39 is 12.1 Å². The van der Waals surface area contributed by atoms with Crippen LogP contribution in [0.25, 0.3) is 0 Å². The van der Waals surface area contributed by atoms with E-state index in [1.54, 1.807) is 0 Å². The van der Waals surface area contributed by atoms with Gasteiger partial charge in [0.1, 0.15) is 0 Å². The van der Waals surface area contributed by atoms with Crippen molar-refractivity contribution in [2.45, 2.75) is 463 Å². The first-order chi connectivity index (χ1) is 40.5. The highest BCUT2D eigenvalue weighted by atomic mass is 16.5. The van der Waals surface area contributed by atoms with Gasteiger partial charge in [0, 0.05) is 12.8 Å². The molecular formula is C76H151NO5. The summed E-state index contributed by atoms with van der Waals surface area (Å²) in [5.41, 5.74) is 0. The number of esters is 1. The van der Waals surface area contributed by atoms with Gasteiger partial charge >= 0.3 is 5.97 Å². The van der Waals surface area contributed by atoms with Crippen molar-refractivity contribution in [3.8, 4) is 0 Å². The molecule has 6 heteroatoms. The van der Waals surface area contributed by atoms with Gasteiger partial charge in [0.25, 0.3) is 0 Å². The fourth-order valence-corrected chi connectivity index (χ4v) is 12.6. The van der Waals surface area contributed by atoms with E-state index in [1.807, 2.05) is 0 Å². The van der Waals surface area contributed by atoms with Crippen LogP contribution in [0.2, 0.25) is 0 Å². The molecule has 0 bridgehead atoms. The predicted octanol–water partition coefficient (Wildman–Crippen LogP) is 24.9. The van der Waals surface area contributed by atoms with Gasteiger partial charge in [-0.1, -0.05) is 412 Å². The van der Waals surface area contributed by atoms with Crippen LogP contribution in [0.4, 0.5) is 0 Å². The highest BCUT2D eigenvalue weighted by Crippen LogP contribution is 2.20. The van der Waals surface area contributed by atoms with E-state index in [2.05, 4.69) is 19.2 Å². The maximum Gasteiger partial charge on any atom is 0.305 e. The number of nitrogens with one attached hydrogen (secondary N) is 1. The predicted molar refractivity (Wildman–Crippen MR) is 361 cm³/mol. The molecule has 0 saturated carbocycles. The number of carbonyl (C=O) groups excluding carboxylic acids is 2. The molecule has 0 spiro atoms. The molecule has 6 nitrogen and oxygen atoms in total. The molecule has 0 aromatic carbocycles. The maximum absolute atomic E-state index is 12.6. The van der Waals surface area contributed by atoms with E-state index in [0.29, 0.717) is 25.9 Å². The topological polar surface area (TPSA) is 95.9 Å². The lowest BCUT2D eigenvalue weighted by Gasteiger charge is -2.22. The second-order valence-corrected chi connectivity index (χ2v) is 26.7. The molecule has 0 aliphatic rings. The Morgan fingerprint density at radius 1 is 0.293 bits per heavy atom. The molecule has 0 rings (SSSR count). The van der Waals surface area contributed by atoms with Gasteiger partial charge in [-0.2, -0.15) is 0 Å². The van der Waals surface area contributed by atoms with Crippen LogP contribution in [-0.4, -0.2) is 47.4 Å². The summed E-state index contributed by atoms with van der Waals surface area (Å²) in [5.74, 6) is -0.00426. The van der Waals surface area contributed by atoms with Crippen molar-refractivity contribution in [2.75, 3.05) is 13.2 Å². The monoisotopic (exact) mass is 1160 g/mol. The van der Waals surface area contributed by atoms with Gasteiger partial charge in [-0.3, -0.25) is 9.59 Å². The van der Waals surface area contributed by atoms with Gasteiger partial charge in [-0.15, -0.1) is 0 Å². The van der Waals surface area contributed by atoms with Crippen LogP contribution >= 0.6 is 0 Å². The molecule has 82 heavy (non-hydrogen) atoms. The zero-order valence-corrected chi connectivity index (χ0v) is 56.3. The Morgan fingerprint density at radius 3 is 0.744 bits per heavy atom. The van der Waals surface area contributed by atoms with Gasteiger partial charge in [0.15, 0.2) is 0 Å². The number of carbonyl (C=O) groups is 2. The fraction of sp³-hybridized carbons (Fsp3) is 0.974. The summed E-state index contributed by atoms with van der Waals surface area (Å²) < 4.78 is 5.48. The van der Waals surface area contributed by atoms with Crippen molar-refractivity contribution >= 4 is 11.9 Å². The molecule has 0 aromatic rings. The highest BCUT2D eigenvalue weighted by Gasteiger charge is 2.20. The van der Waals surface area contributed by atoms with Gasteiger partial charge in [-0.05, 0) is 25.7 Å². The van der Waals surface area contributed by atoms with E-state index in [1.165, 1.54) is 379 Å². The Bertz CT molecular complexity index is 1200. The largest absolute Gasteiger partial charge is 0.466 e. The van der Waals surface area contributed by atoms with Crippen molar-refractivity contribution in [2.24, 2.45) is 0 Å². The Morgan fingerprint density at radius 2 is 0.500 bits per heavy atom. The Labute approximate surface area is 515 Å². The van der Waals surface area contributed by atoms with Crippen LogP contribution in [0.1, 0.15) is 450 Å². The van der Waals surface area contributed by atoms with E-state index in [4.69, 9.17) is 4.74 Å². The average Bonchev–Trinajstić information content (AvgIpc) is 3.48. The number of aliphatic hydroxyl groups excluding tert-OH is 2. The molecule has 0 aromatic heterocycles. The lowest BCUT2D eigenvalue weighted by Crippen LogP contribution is -2.45. The summed E-state index contributed by atoms with van der Waals surface area (Å²) >= 11 is 0. The number of amides is 1. The van der Waals surface area contributed by atoms with Crippen LogP contribution in [0.5, 0.6) is 0 Å². The Hall–Kier alpha value is -1.14. The van der Waals surface area contributed by atoms with Crippen LogP contribution < -0.4 is 5.32 Å². The van der Waals surface area contributed by atoms with Gasteiger partial charge in [0.2, 0.25) is 5.91 Å². The number of rotatable bonds is 73. The minimum atomic E-state index is -0.662. The van der Waals surface area contributed by atoms with Crippen molar-refractivity contribution in [1.82, 2.24) is 5.32 Å². The van der Waals surface area contributed by atoms with Crippen LogP contribution in [-0.2, 0) is 14.3 Å². The zero-order valence-electron chi connectivity index (χ0n) is 56.3. The van der Waals surface area contributed by atoms with Crippen molar-refractivity contribution in [1.29, 1.82) is 0 Å². The third kappa shape index (κ3) is 68.0. The average molecular weight is 1160 g/mol. The van der Waals surface area contributed by atoms with Crippen molar-refractivity contribution in [3.05, 3.63) is 0 Å². The molecule has 0 radical (unpaired) electrons. The summed E-state index contributed by atoms with van der Waals surface area (Å²) in [5, 5.41) is 23.5.